The maximum atomic E-state index is 13.4. The molecule has 0 spiro atoms. The fourth-order valence-electron chi connectivity index (χ4n) is 3.27. The number of aromatic nitrogens is 1. The number of Topliss-reactive ketones (excluding diaryl/α,β-unsaturated/α-hetero) is 2. The SMILES string of the molecule is NCC(=O)Cc1ccc(OCCCC(=O)c2cccn(Cc3ccc(F)c(F)c3)c2=O)cc1. The van der Waals surface area contributed by atoms with Crippen LogP contribution in [-0.2, 0) is 17.8 Å². The van der Waals surface area contributed by atoms with E-state index in [0.29, 0.717) is 17.7 Å². The number of pyridine rings is 1. The molecule has 6 nitrogen and oxygen atoms in total. The van der Waals surface area contributed by atoms with Crippen LogP contribution in [0, 0.1) is 11.6 Å². The summed E-state index contributed by atoms with van der Waals surface area (Å²) in [6, 6.07) is 13.5. The molecule has 0 saturated heterocycles. The fourth-order valence-corrected chi connectivity index (χ4v) is 3.27. The molecule has 0 radical (unpaired) electrons. The zero-order valence-corrected chi connectivity index (χ0v) is 17.9. The van der Waals surface area contributed by atoms with Crippen molar-refractivity contribution in [2.75, 3.05) is 13.2 Å². The molecule has 33 heavy (non-hydrogen) atoms. The lowest BCUT2D eigenvalue weighted by Crippen LogP contribution is -2.26. The Morgan fingerprint density at radius 1 is 0.970 bits per heavy atom. The molecule has 0 unspecified atom stereocenters. The van der Waals surface area contributed by atoms with Gasteiger partial charge in [-0.2, -0.15) is 0 Å². The molecule has 1 aromatic heterocycles. The number of ketones is 2. The highest BCUT2D eigenvalue weighted by Gasteiger charge is 2.13. The molecule has 172 valence electrons. The maximum absolute atomic E-state index is 13.4. The monoisotopic (exact) mass is 454 g/mol. The molecule has 3 rings (SSSR count). The van der Waals surface area contributed by atoms with Gasteiger partial charge in [0.1, 0.15) is 5.75 Å². The van der Waals surface area contributed by atoms with Crippen LogP contribution < -0.4 is 16.0 Å². The van der Waals surface area contributed by atoms with Crippen molar-refractivity contribution in [3.05, 3.63) is 99.5 Å². The van der Waals surface area contributed by atoms with Crippen molar-refractivity contribution in [1.82, 2.24) is 4.57 Å². The van der Waals surface area contributed by atoms with E-state index in [1.807, 2.05) is 0 Å². The van der Waals surface area contributed by atoms with Crippen LogP contribution in [0.2, 0.25) is 0 Å². The minimum atomic E-state index is -0.994. The minimum Gasteiger partial charge on any atom is -0.494 e. The van der Waals surface area contributed by atoms with E-state index < -0.39 is 17.2 Å². The summed E-state index contributed by atoms with van der Waals surface area (Å²) in [6.45, 7) is 0.305. The molecule has 2 N–H and O–H groups in total. The normalized spacial score (nSPS) is 10.8. The summed E-state index contributed by atoms with van der Waals surface area (Å²) in [5, 5.41) is 0. The zero-order chi connectivity index (χ0) is 23.8. The third-order valence-corrected chi connectivity index (χ3v) is 5.03. The lowest BCUT2D eigenvalue weighted by atomic mass is 10.1. The van der Waals surface area contributed by atoms with E-state index in [0.717, 1.165) is 17.7 Å². The standard InChI is InChI=1S/C25H24F2N2O4/c26-22-10-7-18(14-23(22)27)16-29-11-1-3-21(25(29)32)24(31)4-2-12-33-20-8-5-17(6-9-20)13-19(30)15-28/h1,3,5-11,14H,2,4,12-13,15-16,28H2. The fraction of sp³-hybridized carbons (Fsp3) is 0.240. The number of nitrogens with zero attached hydrogens (tertiary/aromatic N) is 1. The lowest BCUT2D eigenvalue weighted by Gasteiger charge is -2.09. The summed E-state index contributed by atoms with van der Waals surface area (Å²) < 4.78 is 33.4. The lowest BCUT2D eigenvalue weighted by molar-refractivity contribution is -0.117. The first kappa shape index (κ1) is 24.0. The van der Waals surface area contributed by atoms with Crippen LogP contribution in [0.25, 0.3) is 0 Å². The highest BCUT2D eigenvalue weighted by atomic mass is 19.2. The quantitative estimate of drug-likeness (QED) is 0.355. The number of hydrogen-bond acceptors (Lipinski definition) is 5. The van der Waals surface area contributed by atoms with Crippen LogP contribution in [0.15, 0.2) is 65.6 Å². The molecule has 0 atom stereocenters. The summed E-state index contributed by atoms with van der Waals surface area (Å²) in [6.07, 6.45) is 2.29. The summed E-state index contributed by atoms with van der Waals surface area (Å²) in [5.41, 5.74) is 6.11. The minimum absolute atomic E-state index is 0.00353. The van der Waals surface area contributed by atoms with Gasteiger partial charge in [0.2, 0.25) is 0 Å². The molecule has 8 heteroatoms. The first-order valence-corrected chi connectivity index (χ1v) is 10.5. The molecule has 2 aromatic carbocycles. The molecule has 0 saturated carbocycles. The van der Waals surface area contributed by atoms with Crippen molar-refractivity contribution in [2.24, 2.45) is 5.73 Å². The van der Waals surface area contributed by atoms with Gasteiger partial charge < -0.3 is 15.0 Å². The van der Waals surface area contributed by atoms with Crippen LogP contribution in [0.3, 0.4) is 0 Å². The van der Waals surface area contributed by atoms with Crippen molar-refractivity contribution in [3.8, 4) is 5.75 Å². The smallest absolute Gasteiger partial charge is 0.261 e. The van der Waals surface area contributed by atoms with E-state index in [4.69, 9.17) is 10.5 Å². The first-order chi connectivity index (χ1) is 15.9. The predicted molar refractivity (Wildman–Crippen MR) is 119 cm³/mol. The number of rotatable bonds is 11. The Kier molecular flexibility index (Phi) is 8.21. The van der Waals surface area contributed by atoms with Gasteiger partial charge in [0, 0.05) is 19.0 Å². The van der Waals surface area contributed by atoms with Crippen LogP contribution in [0.4, 0.5) is 8.78 Å². The van der Waals surface area contributed by atoms with Crippen LogP contribution in [-0.4, -0.2) is 29.3 Å². The van der Waals surface area contributed by atoms with Gasteiger partial charge in [-0.05, 0) is 53.9 Å². The average molecular weight is 454 g/mol. The highest BCUT2D eigenvalue weighted by Crippen LogP contribution is 2.14. The largest absolute Gasteiger partial charge is 0.494 e. The molecule has 0 aliphatic heterocycles. The van der Waals surface area contributed by atoms with Crippen LogP contribution in [0.5, 0.6) is 5.75 Å². The molecule has 0 aliphatic rings. The van der Waals surface area contributed by atoms with E-state index in [2.05, 4.69) is 0 Å². The van der Waals surface area contributed by atoms with Crippen molar-refractivity contribution >= 4 is 11.6 Å². The maximum Gasteiger partial charge on any atom is 0.261 e. The van der Waals surface area contributed by atoms with Crippen molar-refractivity contribution in [2.45, 2.75) is 25.8 Å². The van der Waals surface area contributed by atoms with Gasteiger partial charge in [-0.3, -0.25) is 14.4 Å². The van der Waals surface area contributed by atoms with Crippen LogP contribution in [0.1, 0.15) is 34.3 Å². The van der Waals surface area contributed by atoms with Gasteiger partial charge in [-0.15, -0.1) is 0 Å². The Bertz CT molecular complexity index is 1190. The molecule has 0 bridgehead atoms. The van der Waals surface area contributed by atoms with Gasteiger partial charge in [-0.1, -0.05) is 18.2 Å². The Hall–Kier alpha value is -3.65. The van der Waals surface area contributed by atoms with E-state index in [9.17, 15) is 23.2 Å². The van der Waals surface area contributed by atoms with E-state index >= 15 is 0 Å². The van der Waals surface area contributed by atoms with Gasteiger partial charge >= 0.3 is 0 Å². The number of carbonyl (C=O) groups excluding carboxylic acids is 2. The molecular formula is C25H24F2N2O4. The van der Waals surface area contributed by atoms with E-state index in [1.54, 1.807) is 30.3 Å². The number of benzene rings is 2. The summed E-state index contributed by atoms with van der Waals surface area (Å²) in [5.74, 6) is -1.72. The van der Waals surface area contributed by atoms with E-state index in [-0.39, 0.29) is 49.7 Å². The Balaban J connectivity index is 1.53. The predicted octanol–water partition coefficient (Wildman–Crippen LogP) is 3.29. The van der Waals surface area contributed by atoms with Gasteiger partial charge in [0.05, 0.1) is 25.3 Å². The van der Waals surface area contributed by atoms with Gasteiger partial charge in [0.15, 0.2) is 23.2 Å². The van der Waals surface area contributed by atoms with Crippen molar-refractivity contribution < 1.29 is 23.1 Å². The second kappa shape index (κ2) is 11.3. The second-order valence-electron chi connectivity index (χ2n) is 7.54. The number of hydrogen-bond donors (Lipinski definition) is 1. The second-order valence-corrected chi connectivity index (χ2v) is 7.54. The Labute approximate surface area is 189 Å². The van der Waals surface area contributed by atoms with E-state index in [1.165, 1.54) is 22.9 Å². The number of halogens is 2. The highest BCUT2D eigenvalue weighted by molar-refractivity contribution is 5.95. The third-order valence-electron chi connectivity index (χ3n) is 5.03. The molecular weight excluding hydrogens is 430 g/mol. The van der Waals surface area contributed by atoms with Crippen molar-refractivity contribution in [1.29, 1.82) is 0 Å². The zero-order valence-electron chi connectivity index (χ0n) is 17.9. The topological polar surface area (TPSA) is 91.4 Å². The number of ether oxygens (including phenoxy) is 1. The summed E-state index contributed by atoms with van der Waals surface area (Å²) in [4.78, 5) is 36.6. The number of carbonyl (C=O) groups is 2. The first-order valence-electron chi connectivity index (χ1n) is 10.5. The Morgan fingerprint density at radius 2 is 1.70 bits per heavy atom. The molecule has 1 heterocycles. The average Bonchev–Trinajstić information content (AvgIpc) is 2.81. The van der Waals surface area contributed by atoms with Crippen molar-refractivity contribution in [3.63, 3.8) is 0 Å². The molecule has 0 aliphatic carbocycles. The Morgan fingerprint density at radius 3 is 2.39 bits per heavy atom. The molecule has 0 amide bonds. The summed E-state index contributed by atoms with van der Waals surface area (Å²) in [7, 11) is 0. The third kappa shape index (κ3) is 6.66. The molecule has 0 fully saturated rings. The molecule has 3 aromatic rings. The van der Waals surface area contributed by atoms with Crippen LogP contribution >= 0.6 is 0 Å². The summed E-state index contributed by atoms with van der Waals surface area (Å²) >= 11 is 0. The van der Waals surface area contributed by atoms with Gasteiger partial charge in [-0.25, -0.2) is 8.78 Å². The number of nitrogens with two attached hydrogens (primary N) is 1. The van der Waals surface area contributed by atoms with Gasteiger partial charge in [0.25, 0.3) is 5.56 Å².